The van der Waals surface area contributed by atoms with Crippen LogP contribution in [0.5, 0.6) is 11.5 Å². The molecule has 0 bridgehead atoms. The van der Waals surface area contributed by atoms with E-state index in [9.17, 15) is 14.9 Å². The Kier molecular flexibility index (Phi) is 5.05. The lowest BCUT2D eigenvalue weighted by molar-refractivity contribution is -0.390. The molecule has 0 saturated carbocycles. The first kappa shape index (κ1) is 15.9. The summed E-state index contributed by atoms with van der Waals surface area (Å²) in [5.41, 5.74) is 0.446. The maximum atomic E-state index is 12.0. The number of Topliss-reactive ketones (excluding diaryl/α,β-unsaturated/α-hetero) is 1. The first-order chi connectivity index (χ1) is 10.5. The van der Waals surface area contributed by atoms with E-state index in [4.69, 9.17) is 9.47 Å². The monoisotopic (exact) mass is 366 g/mol. The van der Waals surface area contributed by atoms with Crippen LogP contribution in [0.3, 0.4) is 0 Å². The third kappa shape index (κ3) is 3.79. The minimum Gasteiger partial charge on any atom is -0.493 e. The van der Waals surface area contributed by atoms with Gasteiger partial charge in [0.05, 0.1) is 7.11 Å². The van der Waals surface area contributed by atoms with Gasteiger partial charge in [0.2, 0.25) is 5.75 Å². The third-order valence-corrected chi connectivity index (χ3v) is 3.27. The summed E-state index contributed by atoms with van der Waals surface area (Å²) in [6, 6.07) is 8.04. The Balaban J connectivity index is 2.14. The molecule has 0 radical (unpaired) electrons. The normalized spacial score (nSPS) is 10.1. The second-order valence-corrected chi connectivity index (χ2v) is 5.09. The number of pyridine rings is 1. The Morgan fingerprint density at radius 2 is 2.05 bits per heavy atom. The molecule has 2 rings (SSSR count). The van der Waals surface area contributed by atoms with Crippen LogP contribution < -0.4 is 9.47 Å². The van der Waals surface area contributed by atoms with Gasteiger partial charge < -0.3 is 19.6 Å². The Morgan fingerprint density at radius 1 is 1.36 bits per heavy atom. The van der Waals surface area contributed by atoms with Crippen molar-refractivity contribution in [2.24, 2.45) is 0 Å². The van der Waals surface area contributed by atoms with Crippen molar-refractivity contribution in [3.05, 3.63) is 56.7 Å². The Morgan fingerprint density at radius 3 is 2.64 bits per heavy atom. The number of halogens is 1. The first-order valence-corrected chi connectivity index (χ1v) is 6.90. The van der Waals surface area contributed by atoms with Crippen LogP contribution in [-0.4, -0.2) is 29.4 Å². The SMILES string of the molecule is COc1cnc([N+](=O)[O-])c(OCC(=O)c2ccc(Br)cc2)c1. The number of rotatable bonds is 6. The Bertz CT molecular complexity index is 703. The summed E-state index contributed by atoms with van der Waals surface area (Å²) in [5, 5.41) is 10.9. The number of aromatic nitrogens is 1. The summed E-state index contributed by atoms with van der Waals surface area (Å²) in [6.07, 6.45) is 1.21. The number of ether oxygens (including phenoxy) is 2. The van der Waals surface area contributed by atoms with Crippen LogP contribution in [0.15, 0.2) is 41.0 Å². The number of nitro groups is 1. The largest absolute Gasteiger partial charge is 0.493 e. The topological polar surface area (TPSA) is 91.6 Å². The van der Waals surface area contributed by atoms with Crippen LogP contribution in [0, 0.1) is 10.1 Å². The molecule has 0 atom stereocenters. The van der Waals surface area contributed by atoms with Crippen molar-refractivity contribution in [2.75, 3.05) is 13.7 Å². The maximum absolute atomic E-state index is 12.0. The number of ketones is 1. The molecule has 8 heteroatoms. The van der Waals surface area contributed by atoms with E-state index in [0.29, 0.717) is 11.3 Å². The van der Waals surface area contributed by atoms with Crippen molar-refractivity contribution in [2.45, 2.75) is 0 Å². The van der Waals surface area contributed by atoms with Gasteiger partial charge in [0.25, 0.3) is 0 Å². The fourth-order valence-electron chi connectivity index (χ4n) is 1.64. The highest BCUT2D eigenvalue weighted by Crippen LogP contribution is 2.28. The summed E-state index contributed by atoms with van der Waals surface area (Å²) >= 11 is 3.27. The van der Waals surface area contributed by atoms with Crippen molar-refractivity contribution in [3.8, 4) is 11.5 Å². The molecule has 1 heterocycles. The molecule has 0 fully saturated rings. The van der Waals surface area contributed by atoms with E-state index in [0.717, 1.165) is 4.47 Å². The van der Waals surface area contributed by atoms with E-state index in [1.54, 1.807) is 24.3 Å². The Hall–Kier alpha value is -2.48. The molecule has 0 saturated heterocycles. The van der Waals surface area contributed by atoms with Gasteiger partial charge in [-0.1, -0.05) is 28.1 Å². The van der Waals surface area contributed by atoms with Gasteiger partial charge in [-0.2, -0.15) is 0 Å². The summed E-state index contributed by atoms with van der Waals surface area (Å²) in [5.74, 6) is -0.583. The minimum absolute atomic E-state index is 0.116. The van der Waals surface area contributed by atoms with Crippen molar-refractivity contribution in [3.63, 3.8) is 0 Å². The zero-order chi connectivity index (χ0) is 16.1. The van der Waals surface area contributed by atoms with Crippen LogP contribution >= 0.6 is 15.9 Å². The lowest BCUT2D eigenvalue weighted by Crippen LogP contribution is -2.12. The fourth-order valence-corrected chi connectivity index (χ4v) is 1.90. The molecule has 1 aromatic heterocycles. The van der Waals surface area contributed by atoms with Gasteiger partial charge in [-0.05, 0) is 22.0 Å². The Labute approximate surface area is 134 Å². The van der Waals surface area contributed by atoms with Crippen LogP contribution in [0.2, 0.25) is 0 Å². The highest BCUT2D eigenvalue weighted by Gasteiger charge is 2.19. The van der Waals surface area contributed by atoms with E-state index in [2.05, 4.69) is 20.9 Å². The average molecular weight is 367 g/mol. The van der Waals surface area contributed by atoms with Crippen LogP contribution in [0.25, 0.3) is 0 Å². The second kappa shape index (κ2) is 6.99. The quantitative estimate of drug-likeness (QED) is 0.443. The summed E-state index contributed by atoms with van der Waals surface area (Å²) in [6.45, 7) is -0.336. The first-order valence-electron chi connectivity index (χ1n) is 6.11. The standard InChI is InChI=1S/C14H11BrN2O5/c1-21-11-6-13(14(16-7-11)17(19)20)22-8-12(18)9-2-4-10(15)5-3-9/h2-7H,8H2,1H3. The van der Waals surface area contributed by atoms with Gasteiger partial charge in [-0.15, -0.1) is 0 Å². The molecule has 0 aliphatic carbocycles. The molecule has 114 valence electrons. The van der Waals surface area contributed by atoms with Gasteiger partial charge in [0.15, 0.2) is 24.3 Å². The van der Waals surface area contributed by atoms with Crippen LogP contribution in [0.1, 0.15) is 10.4 Å². The maximum Gasteiger partial charge on any atom is 0.406 e. The van der Waals surface area contributed by atoms with E-state index < -0.39 is 10.7 Å². The predicted octanol–water partition coefficient (Wildman–Crippen LogP) is 3.02. The molecular weight excluding hydrogens is 356 g/mol. The fraction of sp³-hybridized carbons (Fsp3) is 0.143. The smallest absolute Gasteiger partial charge is 0.406 e. The summed E-state index contributed by atoms with van der Waals surface area (Å²) in [4.78, 5) is 25.9. The second-order valence-electron chi connectivity index (χ2n) is 4.17. The molecular formula is C14H11BrN2O5. The van der Waals surface area contributed by atoms with Crippen LogP contribution in [-0.2, 0) is 0 Å². The number of hydrogen-bond donors (Lipinski definition) is 0. The van der Waals surface area contributed by atoms with Gasteiger partial charge in [-0.25, -0.2) is 0 Å². The highest BCUT2D eigenvalue weighted by atomic mass is 79.9. The predicted molar refractivity (Wildman–Crippen MR) is 81.4 cm³/mol. The zero-order valence-corrected chi connectivity index (χ0v) is 13.1. The van der Waals surface area contributed by atoms with E-state index in [-0.39, 0.29) is 18.1 Å². The van der Waals surface area contributed by atoms with E-state index in [1.807, 2.05) is 0 Å². The molecule has 0 aliphatic heterocycles. The van der Waals surface area contributed by atoms with Gasteiger partial charge in [0, 0.05) is 16.1 Å². The number of carbonyl (C=O) groups excluding carboxylic acids is 1. The summed E-state index contributed by atoms with van der Waals surface area (Å²) in [7, 11) is 1.40. The molecule has 7 nitrogen and oxygen atoms in total. The van der Waals surface area contributed by atoms with Crippen molar-refractivity contribution in [1.82, 2.24) is 4.98 Å². The molecule has 0 amide bonds. The molecule has 0 unspecified atom stereocenters. The van der Waals surface area contributed by atoms with Gasteiger partial charge >= 0.3 is 5.82 Å². The van der Waals surface area contributed by atoms with Gasteiger partial charge in [0.1, 0.15) is 0 Å². The lowest BCUT2D eigenvalue weighted by Gasteiger charge is -2.07. The van der Waals surface area contributed by atoms with Crippen molar-refractivity contribution in [1.29, 1.82) is 0 Å². The van der Waals surface area contributed by atoms with E-state index >= 15 is 0 Å². The van der Waals surface area contributed by atoms with Crippen LogP contribution in [0.4, 0.5) is 5.82 Å². The molecule has 2 aromatic rings. The number of nitrogens with zero attached hydrogens (tertiary/aromatic N) is 2. The molecule has 0 N–H and O–H groups in total. The number of carbonyl (C=O) groups is 1. The minimum atomic E-state index is -0.682. The zero-order valence-electron chi connectivity index (χ0n) is 11.5. The molecule has 0 aliphatic rings. The van der Waals surface area contributed by atoms with E-state index in [1.165, 1.54) is 19.4 Å². The molecule has 22 heavy (non-hydrogen) atoms. The highest BCUT2D eigenvalue weighted by molar-refractivity contribution is 9.10. The molecule has 0 spiro atoms. The lowest BCUT2D eigenvalue weighted by atomic mass is 10.1. The number of benzene rings is 1. The van der Waals surface area contributed by atoms with Gasteiger partial charge in [-0.3, -0.25) is 4.79 Å². The number of methoxy groups -OCH3 is 1. The van der Waals surface area contributed by atoms with Crippen molar-refractivity contribution >= 4 is 27.5 Å². The van der Waals surface area contributed by atoms with Crippen molar-refractivity contribution < 1.29 is 19.2 Å². The number of hydrogen-bond acceptors (Lipinski definition) is 6. The molecule has 1 aromatic carbocycles. The third-order valence-electron chi connectivity index (χ3n) is 2.74. The average Bonchev–Trinajstić information content (AvgIpc) is 2.52. The summed E-state index contributed by atoms with van der Waals surface area (Å²) < 4.78 is 11.0.